The molecule has 3 heteroatoms. The fourth-order valence-corrected chi connectivity index (χ4v) is 2.03. The molecule has 0 saturated heterocycles. The number of aromatic nitrogens is 1. The molecule has 0 bridgehead atoms. The number of carboxylic acids is 1. The fourth-order valence-electron chi connectivity index (χ4n) is 2.03. The minimum atomic E-state index is -0.910. The SMILES string of the molecule is CCC1=C(C)C=c2[nH]c(C(=O)O)cc2=CC1. The molecule has 0 atom stereocenters. The number of H-pyrrole nitrogens is 1. The average molecular weight is 217 g/mol. The maximum atomic E-state index is 10.8. The van der Waals surface area contributed by atoms with E-state index in [1.54, 1.807) is 6.07 Å². The van der Waals surface area contributed by atoms with Gasteiger partial charge in [0.25, 0.3) is 0 Å². The Morgan fingerprint density at radius 1 is 1.56 bits per heavy atom. The molecule has 0 spiro atoms. The molecule has 16 heavy (non-hydrogen) atoms. The van der Waals surface area contributed by atoms with Gasteiger partial charge in [0.2, 0.25) is 0 Å². The monoisotopic (exact) mass is 217 g/mol. The third-order valence-electron chi connectivity index (χ3n) is 3.02. The maximum absolute atomic E-state index is 10.8. The molecular formula is C13H15NO2. The van der Waals surface area contributed by atoms with Crippen LogP contribution < -0.4 is 10.6 Å². The van der Waals surface area contributed by atoms with Crippen molar-refractivity contribution in [1.29, 1.82) is 0 Å². The van der Waals surface area contributed by atoms with E-state index in [1.807, 2.05) is 6.08 Å². The van der Waals surface area contributed by atoms with Crippen molar-refractivity contribution < 1.29 is 9.90 Å². The van der Waals surface area contributed by atoms with E-state index in [9.17, 15) is 4.79 Å². The van der Waals surface area contributed by atoms with Gasteiger partial charge >= 0.3 is 5.97 Å². The Kier molecular flexibility index (Phi) is 2.69. The number of fused-ring (bicyclic) bond motifs is 1. The molecule has 1 aromatic rings. The molecule has 2 N–H and O–H groups in total. The van der Waals surface area contributed by atoms with Gasteiger partial charge in [-0.1, -0.05) is 18.6 Å². The van der Waals surface area contributed by atoms with Gasteiger partial charge in [-0.3, -0.25) is 0 Å². The van der Waals surface area contributed by atoms with Crippen LogP contribution in [0, 0.1) is 0 Å². The summed E-state index contributed by atoms with van der Waals surface area (Å²) >= 11 is 0. The number of hydrogen-bond donors (Lipinski definition) is 2. The molecule has 0 saturated carbocycles. The van der Waals surface area contributed by atoms with E-state index in [4.69, 9.17) is 5.11 Å². The highest BCUT2D eigenvalue weighted by Crippen LogP contribution is 2.15. The Bertz CT molecular complexity index is 576. The van der Waals surface area contributed by atoms with E-state index >= 15 is 0 Å². The predicted molar refractivity (Wildman–Crippen MR) is 63.5 cm³/mol. The summed E-state index contributed by atoms with van der Waals surface area (Å²) < 4.78 is 0. The normalized spacial score (nSPS) is 14.9. The van der Waals surface area contributed by atoms with Gasteiger partial charge in [-0.15, -0.1) is 0 Å². The Morgan fingerprint density at radius 3 is 2.94 bits per heavy atom. The Hall–Kier alpha value is -1.77. The van der Waals surface area contributed by atoms with E-state index < -0.39 is 5.97 Å². The number of aromatic amines is 1. The summed E-state index contributed by atoms with van der Waals surface area (Å²) in [5.74, 6) is -0.910. The number of aromatic carboxylic acids is 1. The molecule has 3 nitrogen and oxygen atoms in total. The van der Waals surface area contributed by atoms with E-state index in [0.29, 0.717) is 0 Å². The van der Waals surface area contributed by atoms with Crippen LogP contribution in [0.2, 0.25) is 0 Å². The van der Waals surface area contributed by atoms with E-state index in [2.05, 4.69) is 24.9 Å². The summed E-state index contributed by atoms with van der Waals surface area (Å²) in [7, 11) is 0. The van der Waals surface area contributed by atoms with Crippen LogP contribution in [0.1, 0.15) is 37.2 Å². The lowest BCUT2D eigenvalue weighted by atomic mass is 10.0. The summed E-state index contributed by atoms with van der Waals surface area (Å²) in [4.78, 5) is 13.8. The first-order chi connectivity index (χ1) is 7.61. The first kappa shape index (κ1) is 10.7. The van der Waals surface area contributed by atoms with Crippen LogP contribution in [0.3, 0.4) is 0 Å². The molecular weight excluding hydrogens is 202 g/mol. The molecule has 0 amide bonds. The second-order valence-corrected chi connectivity index (χ2v) is 4.05. The molecule has 2 rings (SSSR count). The minimum Gasteiger partial charge on any atom is -0.477 e. The highest BCUT2D eigenvalue weighted by Gasteiger charge is 2.07. The summed E-state index contributed by atoms with van der Waals surface area (Å²) in [6, 6.07) is 1.69. The van der Waals surface area contributed by atoms with Crippen LogP contribution in [-0.4, -0.2) is 16.1 Å². The van der Waals surface area contributed by atoms with Gasteiger partial charge < -0.3 is 10.1 Å². The zero-order valence-corrected chi connectivity index (χ0v) is 9.50. The quantitative estimate of drug-likeness (QED) is 0.786. The number of rotatable bonds is 2. The minimum absolute atomic E-state index is 0.255. The summed E-state index contributed by atoms with van der Waals surface area (Å²) in [6.45, 7) is 4.21. The van der Waals surface area contributed by atoms with Crippen molar-refractivity contribution in [2.45, 2.75) is 26.7 Å². The number of allylic oxidation sites excluding steroid dienone is 2. The standard InChI is InChI=1S/C13H15NO2/c1-3-9-4-5-10-7-12(13(15)16)14-11(10)6-8(9)2/h5-7,14H,3-4H2,1-2H3,(H,15,16). The number of hydrogen-bond acceptors (Lipinski definition) is 1. The third-order valence-corrected chi connectivity index (χ3v) is 3.02. The topological polar surface area (TPSA) is 53.1 Å². The van der Waals surface area contributed by atoms with Crippen molar-refractivity contribution in [3.05, 3.63) is 33.5 Å². The van der Waals surface area contributed by atoms with Crippen LogP contribution in [0.5, 0.6) is 0 Å². The fraction of sp³-hybridized carbons (Fsp3) is 0.308. The molecule has 0 radical (unpaired) electrons. The lowest BCUT2D eigenvalue weighted by Gasteiger charge is -2.01. The van der Waals surface area contributed by atoms with Gasteiger partial charge in [0.05, 0.1) is 0 Å². The van der Waals surface area contributed by atoms with Gasteiger partial charge in [-0.2, -0.15) is 0 Å². The summed E-state index contributed by atoms with van der Waals surface area (Å²) in [5.41, 5.74) is 2.89. The zero-order chi connectivity index (χ0) is 11.7. The molecule has 0 fully saturated rings. The molecule has 0 unspecified atom stereocenters. The van der Waals surface area contributed by atoms with Crippen LogP contribution in [0.4, 0.5) is 0 Å². The van der Waals surface area contributed by atoms with Crippen molar-refractivity contribution in [1.82, 2.24) is 4.98 Å². The molecule has 0 aliphatic heterocycles. The lowest BCUT2D eigenvalue weighted by molar-refractivity contribution is 0.0691. The molecule has 1 aliphatic rings. The van der Waals surface area contributed by atoms with Crippen molar-refractivity contribution in [2.24, 2.45) is 0 Å². The maximum Gasteiger partial charge on any atom is 0.352 e. The van der Waals surface area contributed by atoms with Crippen molar-refractivity contribution in [2.75, 3.05) is 0 Å². The van der Waals surface area contributed by atoms with Crippen molar-refractivity contribution in [3.63, 3.8) is 0 Å². The van der Waals surface area contributed by atoms with E-state index in [-0.39, 0.29) is 5.69 Å². The number of nitrogens with one attached hydrogen (secondary N) is 1. The van der Waals surface area contributed by atoms with Crippen molar-refractivity contribution >= 4 is 18.1 Å². The second-order valence-electron chi connectivity index (χ2n) is 4.05. The van der Waals surface area contributed by atoms with Gasteiger partial charge in [0, 0.05) is 5.35 Å². The number of carboxylic acid groups (broad SMARTS) is 1. The zero-order valence-electron chi connectivity index (χ0n) is 9.50. The Morgan fingerprint density at radius 2 is 2.31 bits per heavy atom. The molecule has 0 aromatic carbocycles. The first-order valence-corrected chi connectivity index (χ1v) is 5.44. The van der Waals surface area contributed by atoms with Crippen LogP contribution in [0.25, 0.3) is 12.2 Å². The predicted octanol–water partition coefficient (Wildman–Crippen LogP) is 1.40. The van der Waals surface area contributed by atoms with Gasteiger partial charge in [0.15, 0.2) is 0 Å². The largest absolute Gasteiger partial charge is 0.477 e. The molecule has 1 heterocycles. The lowest BCUT2D eigenvalue weighted by Crippen LogP contribution is -2.21. The Balaban J connectivity index is 2.61. The van der Waals surface area contributed by atoms with Crippen LogP contribution in [0.15, 0.2) is 17.2 Å². The Labute approximate surface area is 93.8 Å². The molecule has 1 aromatic heterocycles. The van der Waals surface area contributed by atoms with Gasteiger partial charge in [-0.05, 0) is 42.7 Å². The first-order valence-electron chi connectivity index (χ1n) is 5.44. The average Bonchev–Trinajstić information content (AvgIpc) is 2.56. The molecule has 84 valence electrons. The van der Waals surface area contributed by atoms with Crippen LogP contribution >= 0.6 is 0 Å². The third kappa shape index (κ3) is 1.81. The van der Waals surface area contributed by atoms with Gasteiger partial charge in [0.1, 0.15) is 5.69 Å². The van der Waals surface area contributed by atoms with E-state index in [0.717, 1.165) is 23.4 Å². The highest BCUT2D eigenvalue weighted by molar-refractivity contribution is 5.85. The molecule has 1 aliphatic carbocycles. The van der Waals surface area contributed by atoms with E-state index in [1.165, 1.54) is 11.1 Å². The van der Waals surface area contributed by atoms with Crippen molar-refractivity contribution in [3.8, 4) is 0 Å². The highest BCUT2D eigenvalue weighted by atomic mass is 16.4. The van der Waals surface area contributed by atoms with Crippen LogP contribution in [-0.2, 0) is 0 Å². The smallest absolute Gasteiger partial charge is 0.352 e. The van der Waals surface area contributed by atoms with Gasteiger partial charge in [-0.25, -0.2) is 4.79 Å². The number of carbonyl (C=O) groups is 1. The summed E-state index contributed by atoms with van der Waals surface area (Å²) in [6.07, 6.45) is 6.06. The summed E-state index contributed by atoms with van der Waals surface area (Å²) in [5, 5.41) is 10.8. The second kappa shape index (κ2) is 4.00.